The first-order chi connectivity index (χ1) is 15.3. The van der Waals surface area contributed by atoms with Crippen molar-refractivity contribution in [3.8, 4) is 5.75 Å². The molecule has 1 N–H and O–H groups in total. The highest BCUT2D eigenvalue weighted by molar-refractivity contribution is 6.02. The molecule has 2 aliphatic rings. The molecule has 2 aliphatic heterocycles. The first-order valence-electron chi connectivity index (χ1n) is 10.1. The van der Waals surface area contributed by atoms with Crippen LogP contribution in [0.5, 0.6) is 5.75 Å². The molecule has 0 fully saturated rings. The zero-order valence-corrected chi connectivity index (χ0v) is 17.0. The van der Waals surface area contributed by atoms with E-state index in [0.717, 1.165) is 4.68 Å². The van der Waals surface area contributed by atoms with Crippen LogP contribution >= 0.6 is 0 Å². The van der Waals surface area contributed by atoms with E-state index in [1.807, 2.05) is 0 Å². The number of aromatic nitrogens is 3. The van der Waals surface area contributed by atoms with Gasteiger partial charge in [0.25, 0.3) is 11.8 Å². The first-order valence-corrected chi connectivity index (χ1v) is 10.1. The van der Waals surface area contributed by atoms with Gasteiger partial charge in [-0.25, -0.2) is 9.67 Å². The fraction of sp³-hybridized carbons (Fsp3) is 0.273. The van der Waals surface area contributed by atoms with E-state index < -0.39 is 47.9 Å². The molecule has 1 unspecified atom stereocenters. The number of carbonyl (C=O) groups excluding carboxylic acids is 2. The fourth-order valence-electron chi connectivity index (χ4n) is 4.02. The summed E-state index contributed by atoms with van der Waals surface area (Å²) in [5.74, 6) is -4.93. The quantitative estimate of drug-likeness (QED) is 0.678. The zero-order valence-electron chi connectivity index (χ0n) is 17.0. The van der Waals surface area contributed by atoms with Crippen molar-refractivity contribution in [2.24, 2.45) is 0 Å². The third-order valence-corrected chi connectivity index (χ3v) is 5.66. The number of halogens is 2. The topological polar surface area (TPSA) is 89.4 Å². The molecule has 2 aromatic carbocycles. The summed E-state index contributed by atoms with van der Waals surface area (Å²) in [7, 11) is 1.57. The van der Waals surface area contributed by atoms with Gasteiger partial charge >= 0.3 is 5.92 Å². The minimum absolute atomic E-state index is 0.109. The van der Waals surface area contributed by atoms with Gasteiger partial charge in [0.15, 0.2) is 5.82 Å². The molecule has 0 radical (unpaired) electrons. The Balaban J connectivity index is 1.39. The summed E-state index contributed by atoms with van der Waals surface area (Å²) in [5, 5.41) is 6.59. The number of carbonyl (C=O) groups is 2. The number of amides is 2. The molecule has 2 amide bonds. The number of anilines is 1. The van der Waals surface area contributed by atoms with Crippen molar-refractivity contribution in [2.75, 3.05) is 18.6 Å². The van der Waals surface area contributed by atoms with Crippen LogP contribution in [-0.4, -0.2) is 46.3 Å². The summed E-state index contributed by atoms with van der Waals surface area (Å²) in [5.41, 5.74) is 1.22. The van der Waals surface area contributed by atoms with Crippen LogP contribution in [0.15, 0.2) is 54.6 Å². The second-order valence-corrected chi connectivity index (χ2v) is 7.74. The number of alkyl halides is 2. The van der Waals surface area contributed by atoms with E-state index in [0.29, 0.717) is 17.0 Å². The van der Waals surface area contributed by atoms with Gasteiger partial charge < -0.3 is 15.0 Å². The Labute approximate surface area is 181 Å². The average Bonchev–Trinajstić information content (AvgIpc) is 3.32. The molecule has 3 aromatic rings. The number of hydrogen-bond donors (Lipinski definition) is 1. The molecule has 0 bridgehead atoms. The van der Waals surface area contributed by atoms with Crippen LogP contribution in [0.25, 0.3) is 0 Å². The number of likely N-dealkylation sites (N-methyl/N-ethyl adjacent to an activating group) is 1. The summed E-state index contributed by atoms with van der Waals surface area (Å²) < 4.78 is 35.9. The van der Waals surface area contributed by atoms with E-state index in [4.69, 9.17) is 4.74 Å². The Morgan fingerprint density at radius 1 is 1.16 bits per heavy atom. The first kappa shape index (κ1) is 20.1. The van der Waals surface area contributed by atoms with Gasteiger partial charge in [0.2, 0.25) is 5.82 Å². The molecule has 10 heteroatoms. The van der Waals surface area contributed by atoms with E-state index in [9.17, 15) is 18.4 Å². The van der Waals surface area contributed by atoms with Gasteiger partial charge in [-0.05, 0) is 17.7 Å². The molecular formula is C22H19F2N5O3. The van der Waals surface area contributed by atoms with Crippen LogP contribution in [0.4, 0.5) is 14.5 Å². The van der Waals surface area contributed by atoms with Crippen LogP contribution in [-0.2, 0) is 10.7 Å². The van der Waals surface area contributed by atoms with E-state index in [1.165, 1.54) is 4.90 Å². The van der Waals surface area contributed by atoms with Gasteiger partial charge in [0, 0.05) is 13.5 Å². The Morgan fingerprint density at radius 3 is 2.66 bits per heavy atom. The van der Waals surface area contributed by atoms with Crippen LogP contribution in [0.2, 0.25) is 0 Å². The molecule has 2 atom stereocenters. The monoisotopic (exact) mass is 439 g/mol. The van der Waals surface area contributed by atoms with E-state index >= 15 is 0 Å². The number of benzene rings is 2. The Bertz CT molecular complexity index is 1200. The van der Waals surface area contributed by atoms with Crippen molar-refractivity contribution >= 4 is 17.5 Å². The van der Waals surface area contributed by atoms with Crippen molar-refractivity contribution in [3.63, 3.8) is 0 Å². The maximum Gasteiger partial charge on any atom is 0.308 e. The number of para-hydroxylation sites is 2. The summed E-state index contributed by atoms with van der Waals surface area (Å²) in [6.45, 7) is -0.109. The SMILES string of the molecule is CN1C(=O)C(NC(=O)c2nc3n(n2)[C@@H](c2ccccc2)CC3(F)F)COc2ccccc21. The predicted octanol–water partition coefficient (Wildman–Crippen LogP) is 2.52. The van der Waals surface area contributed by atoms with Crippen LogP contribution in [0.1, 0.15) is 34.5 Å². The average molecular weight is 439 g/mol. The lowest BCUT2D eigenvalue weighted by atomic mass is 10.0. The molecule has 1 aromatic heterocycles. The van der Waals surface area contributed by atoms with Crippen molar-refractivity contribution < 1.29 is 23.1 Å². The number of nitrogens with one attached hydrogen (secondary N) is 1. The van der Waals surface area contributed by atoms with Crippen LogP contribution in [0.3, 0.4) is 0 Å². The van der Waals surface area contributed by atoms with Crippen molar-refractivity contribution in [3.05, 3.63) is 71.8 Å². The standard InChI is InChI=1S/C22H19F2N5O3/c1-28-15-9-5-6-10-17(15)32-12-14(20(28)31)25-19(30)18-26-21-22(23,24)11-16(29(21)27-18)13-7-3-2-4-8-13/h2-10,14,16H,11-12H2,1H3,(H,25,30)/t14?,16-/m1/s1. The lowest BCUT2D eigenvalue weighted by Gasteiger charge is -2.19. The number of nitrogens with zero attached hydrogens (tertiary/aromatic N) is 4. The zero-order chi connectivity index (χ0) is 22.5. The highest BCUT2D eigenvalue weighted by atomic mass is 19.3. The third-order valence-electron chi connectivity index (χ3n) is 5.66. The summed E-state index contributed by atoms with van der Waals surface area (Å²) in [6, 6.07) is 14.0. The summed E-state index contributed by atoms with van der Waals surface area (Å²) >= 11 is 0. The second kappa shape index (κ2) is 7.40. The summed E-state index contributed by atoms with van der Waals surface area (Å²) in [6.07, 6.45) is -0.480. The largest absolute Gasteiger partial charge is 0.489 e. The predicted molar refractivity (Wildman–Crippen MR) is 110 cm³/mol. The minimum atomic E-state index is -3.23. The molecule has 0 saturated heterocycles. The van der Waals surface area contributed by atoms with Crippen molar-refractivity contribution in [1.82, 2.24) is 20.1 Å². The van der Waals surface area contributed by atoms with E-state index in [-0.39, 0.29) is 6.61 Å². The Kier molecular flexibility index (Phi) is 4.65. The molecule has 3 heterocycles. The lowest BCUT2D eigenvalue weighted by molar-refractivity contribution is -0.120. The van der Waals surface area contributed by atoms with Crippen molar-refractivity contribution in [1.29, 1.82) is 0 Å². The molecule has 0 spiro atoms. The number of hydrogen-bond acceptors (Lipinski definition) is 5. The Morgan fingerprint density at radius 2 is 1.88 bits per heavy atom. The summed E-state index contributed by atoms with van der Waals surface area (Å²) in [4.78, 5) is 30.8. The molecule has 32 heavy (non-hydrogen) atoms. The maximum atomic E-state index is 14.6. The van der Waals surface area contributed by atoms with Gasteiger partial charge in [-0.1, -0.05) is 42.5 Å². The fourth-order valence-corrected chi connectivity index (χ4v) is 4.02. The molecule has 0 aliphatic carbocycles. The van der Waals surface area contributed by atoms with Gasteiger partial charge in [-0.2, -0.15) is 8.78 Å². The molecule has 5 rings (SSSR count). The lowest BCUT2D eigenvalue weighted by Crippen LogP contribution is -2.49. The molecule has 8 nitrogen and oxygen atoms in total. The van der Waals surface area contributed by atoms with Gasteiger partial charge in [0.1, 0.15) is 18.4 Å². The molecule has 164 valence electrons. The van der Waals surface area contributed by atoms with Gasteiger partial charge in [-0.3, -0.25) is 9.59 Å². The van der Waals surface area contributed by atoms with Gasteiger partial charge in [0.05, 0.1) is 11.7 Å². The highest BCUT2D eigenvalue weighted by Gasteiger charge is 2.49. The normalized spacial score (nSPS) is 21.3. The third kappa shape index (κ3) is 3.28. The second-order valence-electron chi connectivity index (χ2n) is 7.74. The maximum absolute atomic E-state index is 14.6. The minimum Gasteiger partial charge on any atom is -0.489 e. The number of rotatable bonds is 3. The van der Waals surface area contributed by atoms with Crippen LogP contribution in [0, 0.1) is 0 Å². The number of ether oxygens (including phenoxy) is 1. The molecule has 0 saturated carbocycles. The van der Waals surface area contributed by atoms with E-state index in [1.54, 1.807) is 61.6 Å². The van der Waals surface area contributed by atoms with E-state index in [2.05, 4.69) is 15.4 Å². The molecular weight excluding hydrogens is 420 g/mol. The smallest absolute Gasteiger partial charge is 0.308 e. The highest BCUT2D eigenvalue weighted by Crippen LogP contribution is 2.45. The van der Waals surface area contributed by atoms with Gasteiger partial charge in [-0.15, -0.1) is 5.10 Å². The van der Waals surface area contributed by atoms with Crippen LogP contribution < -0.4 is 15.0 Å². The number of fused-ring (bicyclic) bond motifs is 2. The van der Waals surface area contributed by atoms with Crippen molar-refractivity contribution in [2.45, 2.75) is 24.4 Å². The Hall–Kier alpha value is -3.82.